The second-order valence-electron chi connectivity index (χ2n) is 8.66. The zero-order chi connectivity index (χ0) is 26.6. The van der Waals surface area contributed by atoms with Crippen LogP contribution in [0.2, 0.25) is 0 Å². The van der Waals surface area contributed by atoms with Gasteiger partial charge in [-0.15, -0.1) is 0 Å². The average Bonchev–Trinajstić information content (AvgIpc) is 3.19. The first-order chi connectivity index (χ1) is 17.7. The molecule has 1 saturated heterocycles. The molecular formula is C26H27F4N5O2. The average molecular weight is 518 g/mol. The number of piperidine rings is 1. The van der Waals surface area contributed by atoms with Crippen molar-refractivity contribution < 1.29 is 27.1 Å². The molecule has 0 bridgehead atoms. The Labute approximate surface area is 211 Å². The number of primary amides is 1. The van der Waals surface area contributed by atoms with Crippen LogP contribution in [-0.2, 0) is 6.54 Å². The van der Waals surface area contributed by atoms with Crippen LogP contribution in [0.1, 0.15) is 22.5 Å². The third-order valence-corrected chi connectivity index (χ3v) is 6.10. The number of nitrogens with one attached hydrogen (secondary N) is 3. The topological polar surface area (TPSA) is 93.3 Å². The highest BCUT2D eigenvalue weighted by Crippen LogP contribution is 2.31. The van der Waals surface area contributed by atoms with Crippen LogP contribution in [0.4, 0.5) is 28.9 Å². The quantitative estimate of drug-likeness (QED) is 0.282. The molecule has 0 saturated carbocycles. The fraction of sp³-hybridized carbons (Fsp3) is 0.346. The molecule has 7 nitrogen and oxygen atoms in total. The Morgan fingerprint density at radius 3 is 2.76 bits per heavy atom. The highest BCUT2D eigenvalue weighted by Gasteiger charge is 2.30. The molecule has 5 N–H and O–H groups in total. The number of hydrogen-bond acceptors (Lipinski definition) is 5. The van der Waals surface area contributed by atoms with Crippen molar-refractivity contribution in [1.82, 2.24) is 9.88 Å². The van der Waals surface area contributed by atoms with Gasteiger partial charge in [0.15, 0.2) is 0 Å². The Hall–Kier alpha value is -3.91. The number of carbonyl (C=O) groups excluding carboxylic acids is 1. The summed E-state index contributed by atoms with van der Waals surface area (Å²) in [6, 6.07) is 10.7. The van der Waals surface area contributed by atoms with E-state index in [4.69, 9.17) is 10.5 Å². The van der Waals surface area contributed by atoms with Gasteiger partial charge in [0.25, 0.3) is 0 Å². The minimum absolute atomic E-state index is 0.101. The molecule has 1 aliphatic rings. The molecule has 1 fully saturated rings. The van der Waals surface area contributed by atoms with Crippen molar-refractivity contribution in [2.24, 2.45) is 5.73 Å². The number of halogens is 4. The van der Waals surface area contributed by atoms with Gasteiger partial charge >= 0.3 is 6.18 Å². The van der Waals surface area contributed by atoms with Crippen molar-refractivity contribution in [3.8, 4) is 17.6 Å². The fourth-order valence-corrected chi connectivity index (χ4v) is 4.31. The van der Waals surface area contributed by atoms with Crippen LogP contribution >= 0.6 is 0 Å². The van der Waals surface area contributed by atoms with E-state index in [2.05, 4.69) is 27.8 Å². The van der Waals surface area contributed by atoms with Crippen LogP contribution in [0.5, 0.6) is 5.75 Å². The Morgan fingerprint density at radius 1 is 1.24 bits per heavy atom. The molecule has 1 amide bonds. The van der Waals surface area contributed by atoms with E-state index in [1.165, 1.54) is 19.2 Å². The van der Waals surface area contributed by atoms with E-state index in [0.717, 1.165) is 4.57 Å². The lowest BCUT2D eigenvalue weighted by Gasteiger charge is -2.28. The highest BCUT2D eigenvalue weighted by atomic mass is 19.4. The summed E-state index contributed by atoms with van der Waals surface area (Å²) in [4.78, 5) is 11.4. The van der Waals surface area contributed by atoms with E-state index in [-0.39, 0.29) is 24.3 Å². The number of benzene rings is 2. The Balaban J connectivity index is 1.61. The Morgan fingerprint density at radius 2 is 2.05 bits per heavy atom. The molecule has 0 unspecified atom stereocenters. The van der Waals surface area contributed by atoms with Gasteiger partial charge in [-0.1, -0.05) is 12.0 Å². The van der Waals surface area contributed by atoms with Crippen LogP contribution in [0.15, 0.2) is 42.5 Å². The number of alkyl halides is 4. The molecule has 196 valence electrons. The zero-order valence-electron chi connectivity index (χ0n) is 20.1. The number of anilines is 2. The predicted octanol–water partition coefficient (Wildman–Crippen LogP) is 3.89. The second kappa shape index (κ2) is 11.0. The largest absolute Gasteiger partial charge is 0.495 e. The van der Waals surface area contributed by atoms with E-state index < -0.39 is 30.8 Å². The number of rotatable bonds is 7. The minimum atomic E-state index is -4.46. The maximum atomic E-state index is 14.4. The predicted molar refractivity (Wildman–Crippen MR) is 135 cm³/mol. The van der Waals surface area contributed by atoms with Crippen LogP contribution < -0.4 is 26.4 Å². The van der Waals surface area contributed by atoms with Crippen LogP contribution in [0.3, 0.4) is 0 Å². The molecule has 37 heavy (non-hydrogen) atoms. The Kier molecular flexibility index (Phi) is 7.78. The van der Waals surface area contributed by atoms with E-state index in [1.807, 2.05) is 0 Å². The van der Waals surface area contributed by atoms with Gasteiger partial charge < -0.3 is 31.0 Å². The van der Waals surface area contributed by atoms with Gasteiger partial charge in [-0.2, -0.15) is 13.2 Å². The number of methoxy groups -OCH3 is 1. The normalized spacial score (nSPS) is 17.6. The van der Waals surface area contributed by atoms with Gasteiger partial charge in [0.2, 0.25) is 5.91 Å². The molecule has 4 rings (SSSR count). The minimum Gasteiger partial charge on any atom is -0.495 e. The molecule has 0 radical (unpaired) electrons. The smallest absolute Gasteiger partial charge is 0.406 e. The van der Waals surface area contributed by atoms with E-state index in [1.54, 1.807) is 30.3 Å². The van der Waals surface area contributed by atoms with E-state index >= 15 is 0 Å². The number of nitrogens with two attached hydrogens (primary N) is 1. The number of nitrogens with zero attached hydrogens (tertiary/aromatic N) is 1. The van der Waals surface area contributed by atoms with Gasteiger partial charge in [-0.25, -0.2) is 4.39 Å². The van der Waals surface area contributed by atoms with Crippen molar-refractivity contribution in [2.45, 2.75) is 31.4 Å². The molecule has 1 aliphatic heterocycles. The van der Waals surface area contributed by atoms with Crippen molar-refractivity contribution in [2.75, 3.05) is 37.4 Å². The van der Waals surface area contributed by atoms with Crippen molar-refractivity contribution in [3.63, 3.8) is 0 Å². The summed E-state index contributed by atoms with van der Waals surface area (Å²) < 4.78 is 61.0. The van der Waals surface area contributed by atoms with Crippen LogP contribution in [0.25, 0.3) is 10.9 Å². The molecule has 11 heteroatoms. The number of aromatic nitrogens is 1. The Bertz CT molecular complexity index is 1340. The first-order valence-corrected chi connectivity index (χ1v) is 11.7. The standard InChI is InChI=1S/C26H27F4N5O2/c1-37-24-12-16(25(31)36)7-8-22(24)33-10-3-4-17-13-18-20(34-21-9-11-32-14-19(21)27)5-2-6-23(18)35(17)15-26(28,29)30/h2,5-8,12-13,19,21,32-34H,9-11,14-15H2,1H3,(H2,31,36)/t19-,21+/m1/s1. The molecular weight excluding hydrogens is 490 g/mol. The summed E-state index contributed by atoms with van der Waals surface area (Å²) in [5.74, 6) is 5.45. The number of amides is 1. The van der Waals surface area contributed by atoms with Gasteiger partial charge in [0.1, 0.15) is 18.5 Å². The number of hydrogen-bond donors (Lipinski definition) is 4. The zero-order valence-corrected chi connectivity index (χ0v) is 20.1. The number of fused-ring (bicyclic) bond motifs is 1. The van der Waals surface area contributed by atoms with Gasteiger partial charge in [-0.05, 0) is 55.3 Å². The summed E-state index contributed by atoms with van der Waals surface area (Å²) in [5, 5.41) is 9.73. The summed E-state index contributed by atoms with van der Waals surface area (Å²) in [7, 11) is 1.44. The summed E-state index contributed by atoms with van der Waals surface area (Å²) in [5.41, 5.74) is 7.21. The fourth-order valence-electron chi connectivity index (χ4n) is 4.31. The lowest BCUT2D eigenvalue weighted by atomic mass is 10.0. The highest BCUT2D eigenvalue weighted by molar-refractivity contribution is 5.94. The van der Waals surface area contributed by atoms with Crippen molar-refractivity contribution in [1.29, 1.82) is 0 Å². The van der Waals surface area contributed by atoms with E-state index in [0.29, 0.717) is 41.0 Å². The van der Waals surface area contributed by atoms with Crippen molar-refractivity contribution in [3.05, 3.63) is 53.7 Å². The molecule has 0 spiro atoms. The summed E-state index contributed by atoms with van der Waals surface area (Å²) in [6.07, 6.45) is -5.01. The SMILES string of the molecule is COc1cc(C(N)=O)ccc1NCC#Cc1cc2c(N[C@H]3CCNC[C@H]3F)cccc2n1CC(F)(F)F. The molecule has 2 aromatic carbocycles. The summed E-state index contributed by atoms with van der Waals surface area (Å²) >= 11 is 0. The monoisotopic (exact) mass is 517 g/mol. The third-order valence-electron chi connectivity index (χ3n) is 6.10. The molecule has 2 heterocycles. The number of carbonyl (C=O) groups is 1. The van der Waals surface area contributed by atoms with Crippen LogP contribution in [0, 0.1) is 11.8 Å². The lowest BCUT2D eigenvalue weighted by molar-refractivity contribution is -0.140. The van der Waals surface area contributed by atoms with Gasteiger partial charge in [0.05, 0.1) is 36.6 Å². The van der Waals surface area contributed by atoms with Crippen molar-refractivity contribution >= 4 is 28.2 Å². The molecule has 1 aromatic heterocycles. The molecule has 2 atom stereocenters. The van der Waals surface area contributed by atoms with Gasteiger partial charge in [0, 0.05) is 23.2 Å². The summed E-state index contributed by atoms with van der Waals surface area (Å²) in [6.45, 7) is -0.228. The van der Waals surface area contributed by atoms with Gasteiger partial charge in [-0.3, -0.25) is 4.79 Å². The maximum absolute atomic E-state index is 14.4. The lowest BCUT2D eigenvalue weighted by Crippen LogP contribution is -2.45. The molecule has 0 aliphatic carbocycles. The van der Waals surface area contributed by atoms with E-state index in [9.17, 15) is 22.4 Å². The third kappa shape index (κ3) is 6.27. The molecule has 3 aromatic rings. The first kappa shape index (κ1) is 26.2. The van der Waals surface area contributed by atoms with Crippen LogP contribution in [-0.4, -0.2) is 55.6 Å². The second-order valence-corrected chi connectivity index (χ2v) is 8.66. The maximum Gasteiger partial charge on any atom is 0.406 e. The number of ether oxygens (including phenoxy) is 1. The first-order valence-electron chi connectivity index (χ1n) is 11.7.